The predicted octanol–water partition coefficient (Wildman–Crippen LogP) is 1.39. The molecular weight excluding hydrogens is 314 g/mol. The van der Waals surface area contributed by atoms with Crippen molar-refractivity contribution in [2.45, 2.75) is 42.5 Å². The van der Waals surface area contributed by atoms with Crippen molar-refractivity contribution >= 4 is 10.0 Å². The Balaban J connectivity index is 1.74. The van der Waals surface area contributed by atoms with Gasteiger partial charge in [0, 0.05) is 37.6 Å². The van der Waals surface area contributed by atoms with E-state index in [0.717, 1.165) is 52.0 Å². The number of rotatable bonds is 5. The van der Waals surface area contributed by atoms with Crippen LogP contribution in [0.1, 0.15) is 32.1 Å². The number of hydrogen-bond donors (Lipinski definition) is 1. The lowest BCUT2D eigenvalue weighted by atomic mass is 9.80. The second-order valence-electron chi connectivity index (χ2n) is 6.40. The fourth-order valence-electron chi connectivity index (χ4n) is 3.67. The first kappa shape index (κ1) is 16.8. The van der Waals surface area contributed by atoms with Crippen LogP contribution in [0.15, 0.2) is 29.4 Å². The average Bonchev–Trinajstić information content (AvgIpc) is 2.62. The van der Waals surface area contributed by atoms with Gasteiger partial charge in [-0.15, -0.1) is 0 Å². The molecule has 0 spiro atoms. The molecule has 23 heavy (non-hydrogen) atoms. The Kier molecular flexibility index (Phi) is 5.31. The van der Waals surface area contributed by atoms with Gasteiger partial charge in [0.2, 0.25) is 10.0 Å². The van der Waals surface area contributed by atoms with Gasteiger partial charge in [-0.05, 0) is 25.0 Å². The molecule has 1 aliphatic carbocycles. The third-order valence-electron chi connectivity index (χ3n) is 5.00. The van der Waals surface area contributed by atoms with Crippen molar-refractivity contribution < 1.29 is 13.2 Å². The van der Waals surface area contributed by atoms with Crippen LogP contribution in [0.3, 0.4) is 0 Å². The quantitative estimate of drug-likeness (QED) is 0.878. The molecule has 0 unspecified atom stereocenters. The van der Waals surface area contributed by atoms with Crippen molar-refractivity contribution in [2.75, 3.05) is 32.8 Å². The lowest BCUT2D eigenvalue weighted by Gasteiger charge is -2.48. The van der Waals surface area contributed by atoms with Gasteiger partial charge in [-0.3, -0.25) is 9.88 Å². The minimum Gasteiger partial charge on any atom is -0.379 e. The van der Waals surface area contributed by atoms with Gasteiger partial charge in [-0.25, -0.2) is 13.1 Å². The molecule has 3 rings (SSSR count). The fraction of sp³-hybridized carbons (Fsp3) is 0.688. The average molecular weight is 339 g/mol. The number of morpholine rings is 1. The van der Waals surface area contributed by atoms with Crippen molar-refractivity contribution in [3.05, 3.63) is 24.5 Å². The Morgan fingerprint density at radius 1 is 1.22 bits per heavy atom. The minimum absolute atomic E-state index is 0.0721. The van der Waals surface area contributed by atoms with Gasteiger partial charge < -0.3 is 4.74 Å². The molecule has 1 saturated carbocycles. The van der Waals surface area contributed by atoms with Gasteiger partial charge in [-0.1, -0.05) is 19.3 Å². The van der Waals surface area contributed by atoms with Gasteiger partial charge in [-0.2, -0.15) is 0 Å². The monoisotopic (exact) mass is 339 g/mol. The van der Waals surface area contributed by atoms with Crippen LogP contribution < -0.4 is 4.72 Å². The third kappa shape index (κ3) is 3.91. The molecule has 1 aromatic rings. The summed E-state index contributed by atoms with van der Waals surface area (Å²) in [4.78, 5) is 6.57. The highest BCUT2D eigenvalue weighted by molar-refractivity contribution is 7.89. The highest BCUT2D eigenvalue weighted by atomic mass is 32.2. The predicted molar refractivity (Wildman–Crippen MR) is 87.6 cm³/mol. The van der Waals surface area contributed by atoms with Gasteiger partial charge in [0.15, 0.2) is 0 Å². The van der Waals surface area contributed by atoms with E-state index in [9.17, 15) is 8.42 Å². The molecule has 2 fully saturated rings. The molecule has 1 aromatic heterocycles. The van der Waals surface area contributed by atoms with Crippen molar-refractivity contribution in [1.82, 2.24) is 14.6 Å². The molecule has 1 aliphatic heterocycles. The zero-order valence-electron chi connectivity index (χ0n) is 13.4. The highest BCUT2D eigenvalue weighted by Crippen LogP contribution is 2.34. The number of aromatic nitrogens is 1. The lowest BCUT2D eigenvalue weighted by Crippen LogP contribution is -2.59. The summed E-state index contributed by atoms with van der Waals surface area (Å²) in [5, 5.41) is 0. The third-order valence-corrected chi connectivity index (χ3v) is 6.39. The van der Waals surface area contributed by atoms with Crippen LogP contribution >= 0.6 is 0 Å². The molecular formula is C16H25N3O3S. The van der Waals surface area contributed by atoms with Crippen molar-refractivity contribution in [3.8, 4) is 0 Å². The summed E-state index contributed by atoms with van der Waals surface area (Å²) in [6, 6.07) is 3.23. The van der Waals surface area contributed by atoms with E-state index in [2.05, 4.69) is 14.6 Å². The molecule has 0 amide bonds. The largest absolute Gasteiger partial charge is 0.379 e. The number of sulfonamides is 1. The van der Waals surface area contributed by atoms with Crippen LogP contribution in [0, 0.1) is 0 Å². The molecule has 7 heteroatoms. The number of hydrogen-bond acceptors (Lipinski definition) is 5. The summed E-state index contributed by atoms with van der Waals surface area (Å²) in [6.07, 6.45) is 8.62. The molecule has 6 nitrogen and oxygen atoms in total. The maximum Gasteiger partial charge on any atom is 0.242 e. The van der Waals surface area contributed by atoms with Crippen LogP contribution in [-0.2, 0) is 14.8 Å². The summed E-state index contributed by atoms with van der Waals surface area (Å²) in [6.45, 7) is 3.70. The Labute approximate surface area is 138 Å². The molecule has 1 N–H and O–H groups in total. The molecule has 0 radical (unpaired) electrons. The van der Waals surface area contributed by atoms with E-state index in [1.165, 1.54) is 12.6 Å². The lowest BCUT2D eigenvalue weighted by molar-refractivity contribution is -0.0348. The number of pyridine rings is 1. The second-order valence-corrected chi connectivity index (χ2v) is 8.16. The van der Waals surface area contributed by atoms with Crippen molar-refractivity contribution in [2.24, 2.45) is 0 Å². The highest BCUT2D eigenvalue weighted by Gasteiger charge is 2.39. The van der Waals surface area contributed by atoms with Crippen molar-refractivity contribution in [1.29, 1.82) is 0 Å². The van der Waals surface area contributed by atoms with Crippen LogP contribution in [0.4, 0.5) is 0 Å². The molecule has 0 bridgehead atoms. The van der Waals surface area contributed by atoms with E-state index in [1.54, 1.807) is 18.3 Å². The van der Waals surface area contributed by atoms with Crippen LogP contribution in [0.2, 0.25) is 0 Å². The van der Waals surface area contributed by atoms with Crippen LogP contribution in [0.5, 0.6) is 0 Å². The van der Waals surface area contributed by atoms with Gasteiger partial charge >= 0.3 is 0 Å². The van der Waals surface area contributed by atoms with E-state index in [-0.39, 0.29) is 10.4 Å². The summed E-state index contributed by atoms with van der Waals surface area (Å²) >= 11 is 0. The maximum atomic E-state index is 12.5. The normalized spacial score (nSPS) is 22.8. The second kappa shape index (κ2) is 7.25. The topological polar surface area (TPSA) is 71.5 Å². The van der Waals surface area contributed by atoms with Crippen LogP contribution in [-0.4, -0.2) is 56.7 Å². The SMILES string of the molecule is O=S(=O)(NCC1(N2CCOCC2)CCCCC1)c1cccnc1. The molecule has 1 saturated heterocycles. The van der Waals surface area contributed by atoms with Crippen LogP contribution in [0.25, 0.3) is 0 Å². The zero-order chi connectivity index (χ0) is 16.2. The molecule has 2 aliphatic rings. The molecule has 0 aromatic carbocycles. The summed E-state index contributed by atoms with van der Waals surface area (Å²) in [5.41, 5.74) is -0.0721. The number of nitrogens with zero attached hydrogens (tertiary/aromatic N) is 2. The van der Waals surface area contributed by atoms with Gasteiger partial charge in [0.1, 0.15) is 4.90 Å². The number of nitrogens with one attached hydrogen (secondary N) is 1. The first-order valence-corrected chi connectivity index (χ1v) is 9.83. The number of ether oxygens (including phenoxy) is 1. The first-order chi connectivity index (χ1) is 11.1. The van der Waals surface area contributed by atoms with E-state index < -0.39 is 10.0 Å². The van der Waals surface area contributed by atoms with E-state index >= 15 is 0 Å². The standard InChI is InChI=1S/C16H25N3O3S/c20-23(21,15-5-4-8-17-13-15)18-14-16(6-2-1-3-7-16)19-9-11-22-12-10-19/h4-5,8,13,18H,1-3,6-7,9-12,14H2. The molecule has 0 atom stereocenters. The zero-order valence-corrected chi connectivity index (χ0v) is 14.2. The fourth-order valence-corrected chi connectivity index (χ4v) is 4.75. The summed E-state index contributed by atoms with van der Waals surface area (Å²) in [7, 11) is -3.51. The first-order valence-electron chi connectivity index (χ1n) is 8.35. The van der Waals surface area contributed by atoms with Gasteiger partial charge in [0.25, 0.3) is 0 Å². The maximum absolute atomic E-state index is 12.5. The van der Waals surface area contributed by atoms with Gasteiger partial charge in [0.05, 0.1) is 13.2 Å². The van der Waals surface area contributed by atoms with E-state index in [1.807, 2.05) is 0 Å². The van der Waals surface area contributed by atoms with E-state index in [4.69, 9.17) is 4.74 Å². The Morgan fingerprint density at radius 3 is 2.61 bits per heavy atom. The summed E-state index contributed by atoms with van der Waals surface area (Å²) < 4.78 is 33.3. The molecule has 128 valence electrons. The smallest absolute Gasteiger partial charge is 0.242 e. The van der Waals surface area contributed by atoms with E-state index in [0.29, 0.717) is 6.54 Å². The Hall–Kier alpha value is -1.02. The minimum atomic E-state index is -3.51. The summed E-state index contributed by atoms with van der Waals surface area (Å²) in [5.74, 6) is 0. The molecule has 2 heterocycles. The Morgan fingerprint density at radius 2 is 1.96 bits per heavy atom. The Bertz CT molecular complexity index is 594. The van der Waals surface area contributed by atoms with Crippen molar-refractivity contribution in [3.63, 3.8) is 0 Å².